The molecule has 0 atom stereocenters. The highest BCUT2D eigenvalue weighted by molar-refractivity contribution is 7.99. The number of carbonyl (C=O) groups is 2. The second-order valence-electron chi connectivity index (χ2n) is 4.67. The van der Waals surface area contributed by atoms with Crippen LogP contribution in [0.1, 0.15) is 30.1 Å². The van der Waals surface area contributed by atoms with Gasteiger partial charge in [0.25, 0.3) is 5.91 Å². The average molecular weight is 320 g/mol. The molecule has 0 heterocycles. The number of amides is 2. The van der Waals surface area contributed by atoms with Crippen molar-refractivity contribution >= 4 is 23.6 Å². The molecule has 4 nitrogen and oxygen atoms in total. The first-order valence-electron chi connectivity index (χ1n) is 7.56. The van der Waals surface area contributed by atoms with Crippen LogP contribution < -0.4 is 10.6 Å². The molecule has 2 amide bonds. The van der Waals surface area contributed by atoms with Crippen LogP contribution in [0.15, 0.2) is 42.5 Å². The largest absolute Gasteiger partial charge is 0.355 e. The molecule has 0 aliphatic rings. The molecule has 0 unspecified atom stereocenters. The van der Waals surface area contributed by atoms with E-state index in [1.54, 1.807) is 23.9 Å². The SMILES string of the molecule is CC/C=C\CC(=O)NCCSCCNC(=O)c1ccccc1. The van der Waals surface area contributed by atoms with Gasteiger partial charge in [-0.05, 0) is 18.6 Å². The summed E-state index contributed by atoms with van der Waals surface area (Å²) in [4.78, 5) is 23.2. The molecule has 1 aromatic rings. The molecule has 22 heavy (non-hydrogen) atoms. The van der Waals surface area contributed by atoms with Crippen molar-refractivity contribution in [3.05, 3.63) is 48.0 Å². The van der Waals surface area contributed by atoms with Crippen LogP contribution in [0.5, 0.6) is 0 Å². The Labute approximate surface area is 136 Å². The lowest BCUT2D eigenvalue weighted by Gasteiger charge is -2.06. The van der Waals surface area contributed by atoms with Gasteiger partial charge in [-0.2, -0.15) is 11.8 Å². The van der Waals surface area contributed by atoms with Crippen molar-refractivity contribution in [2.45, 2.75) is 19.8 Å². The predicted octanol–water partition coefficient (Wildman–Crippen LogP) is 2.62. The van der Waals surface area contributed by atoms with Crippen LogP contribution in [0.25, 0.3) is 0 Å². The van der Waals surface area contributed by atoms with Crippen molar-refractivity contribution in [2.24, 2.45) is 0 Å². The van der Waals surface area contributed by atoms with Crippen LogP contribution in [0.3, 0.4) is 0 Å². The summed E-state index contributed by atoms with van der Waals surface area (Å²) in [6.07, 6.45) is 5.29. The van der Waals surface area contributed by atoms with Crippen molar-refractivity contribution in [1.82, 2.24) is 10.6 Å². The van der Waals surface area contributed by atoms with E-state index >= 15 is 0 Å². The first-order chi connectivity index (χ1) is 10.7. The monoisotopic (exact) mass is 320 g/mol. The molecule has 0 bridgehead atoms. The minimum Gasteiger partial charge on any atom is -0.355 e. The summed E-state index contributed by atoms with van der Waals surface area (Å²) in [5, 5.41) is 5.75. The molecule has 2 N–H and O–H groups in total. The van der Waals surface area contributed by atoms with E-state index in [4.69, 9.17) is 0 Å². The minimum atomic E-state index is -0.0442. The number of thioether (sulfide) groups is 1. The molecule has 0 saturated heterocycles. The minimum absolute atomic E-state index is 0.0442. The zero-order chi connectivity index (χ0) is 16.0. The smallest absolute Gasteiger partial charge is 0.251 e. The Hall–Kier alpha value is -1.75. The first kappa shape index (κ1) is 18.3. The third-order valence-corrected chi connectivity index (χ3v) is 3.83. The van der Waals surface area contributed by atoms with E-state index in [1.165, 1.54) is 0 Å². The van der Waals surface area contributed by atoms with Crippen LogP contribution in [0.2, 0.25) is 0 Å². The maximum Gasteiger partial charge on any atom is 0.251 e. The van der Waals surface area contributed by atoms with Gasteiger partial charge in [0, 0.05) is 36.6 Å². The lowest BCUT2D eigenvalue weighted by atomic mass is 10.2. The second-order valence-corrected chi connectivity index (χ2v) is 5.89. The molecular formula is C17H24N2O2S. The van der Waals surface area contributed by atoms with Gasteiger partial charge in [0.05, 0.1) is 0 Å². The van der Waals surface area contributed by atoms with Crippen LogP contribution in [0.4, 0.5) is 0 Å². The molecule has 5 heteroatoms. The third-order valence-electron chi connectivity index (χ3n) is 2.84. The number of hydrogen-bond donors (Lipinski definition) is 2. The maximum atomic E-state index is 11.8. The summed E-state index contributed by atoms with van der Waals surface area (Å²) in [7, 11) is 0. The van der Waals surface area contributed by atoms with Crippen molar-refractivity contribution in [1.29, 1.82) is 0 Å². The Kier molecular flexibility index (Phi) is 9.87. The molecule has 0 aromatic heterocycles. The highest BCUT2D eigenvalue weighted by atomic mass is 32.2. The van der Waals surface area contributed by atoms with Crippen LogP contribution >= 0.6 is 11.8 Å². The fourth-order valence-corrected chi connectivity index (χ4v) is 2.42. The quantitative estimate of drug-likeness (QED) is 0.515. The van der Waals surface area contributed by atoms with Gasteiger partial charge in [-0.25, -0.2) is 0 Å². The fraction of sp³-hybridized carbons (Fsp3) is 0.412. The molecule has 0 radical (unpaired) electrons. The highest BCUT2D eigenvalue weighted by Crippen LogP contribution is 1.99. The van der Waals surface area contributed by atoms with Crippen LogP contribution in [-0.4, -0.2) is 36.4 Å². The summed E-state index contributed by atoms with van der Waals surface area (Å²) in [6.45, 7) is 3.34. The van der Waals surface area contributed by atoms with Crippen LogP contribution in [-0.2, 0) is 4.79 Å². The van der Waals surface area contributed by atoms with Crippen molar-refractivity contribution in [3.63, 3.8) is 0 Å². The van der Waals surface area contributed by atoms with Gasteiger partial charge in [0.15, 0.2) is 0 Å². The Morgan fingerprint density at radius 1 is 1.05 bits per heavy atom. The van der Waals surface area contributed by atoms with Gasteiger partial charge in [-0.1, -0.05) is 37.3 Å². The molecule has 0 spiro atoms. The fourth-order valence-electron chi connectivity index (χ4n) is 1.72. The lowest BCUT2D eigenvalue weighted by molar-refractivity contribution is -0.120. The van der Waals surface area contributed by atoms with Gasteiger partial charge in [0.1, 0.15) is 0 Å². The van der Waals surface area contributed by atoms with Crippen LogP contribution in [0, 0.1) is 0 Å². The van der Waals surface area contributed by atoms with Gasteiger partial charge < -0.3 is 10.6 Å². The van der Waals surface area contributed by atoms with Crippen molar-refractivity contribution in [3.8, 4) is 0 Å². The Bertz CT molecular complexity index is 475. The topological polar surface area (TPSA) is 58.2 Å². The summed E-state index contributed by atoms with van der Waals surface area (Å²) in [5.41, 5.74) is 0.680. The number of allylic oxidation sites excluding steroid dienone is 1. The maximum absolute atomic E-state index is 11.8. The summed E-state index contributed by atoms with van der Waals surface area (Å²) in [5.74, 6) is 1.70. The van der Waals surface area contributed by atoms with E-state index in [0.717, 1.165) is 17.9 Å². The standard InChI is InChI=1S/C17H24N2O2S/c1-2-3-5-10-16(20)18-11-13-22-14-12-19-17(21)15-8-6-4-7-9-15/h3-9H,2,10-14H2,1H3,(H,18,20)(H,19,21)/b5-3-. The number of carbonyl (C=O) groups excluding carboxylic acids is 2. The summed E-state index contributed by atoms with van der Waals surface area (Å²) in [6, 6.07) is 9.18. The van der Waals surface area contributed by atoms with Gasteiger partial charge in [-0.3, -0.25) is 9.59 Å². The molecular weight excluding hydrogens is 296 g/mol. The van der Waals surface area contributed by atoms with E-state index in [-0.39, 0.29) is 11.8 Å². The zero-order valence-corrected chi connectivity index (χ0v) is 13.8. The van der Waals surface area contributed by atoms with E-state index < -0.39 is 0 Å². The third kappa shape index (κ3) is 8.52. The first-order valence-corrected chi connectivity index (χ1v) is 8.72. The Morgan fingerprint density at radius 3 is 2.41 bits per heavy atom. The molecule has 0 aliphatic heterocycles. The number of benzene rings is 1. The van der Waals surface area contributed by atoms with Gasteiger partial charge >= 0.3 is 0 Å². The summed E-state index contributed by atoms with van der Waals surface area (Å²) >= 11 is 1.71. The van der Waals surface area contributed by atoms with E-state index in [0.29, 0.717) is 25.1 Å². The zero-order valence-electron chi connectivity index (χ0n) is 13.0. The number of nitrogens with one attached hydrogen (secondary N) is 2. The lowest BCUT2D eigenvalue weighted by Crippen LogP contribution is -2.27. The van der Waals surface area contributed by atoms with E-state index in [2.05, 4.69) is 10.6 Å². The molecule has 0 saturated carbocycles. The highest BCUT2D eigenvalue weighted by Gasteiger charge is 2.02. The second kappa shape index (κ2) is 11.9. The average Bonchev–Trinajstić information content (AvgIpc) is 2.55. The van der Waals surface area contributed by atoms with E-state index in [1.807, 2.05) is 37.3 Å². The Morgan fingerprint density at radius 2 is 1.73 bits per heavy atom. The molecule has 1 rings (SSSR count). The van der Waals surface area contributed by atoms with Gasteiger partial charge in [0.2, 0.25) is 5.91 Å². The summed E-state index contributed by atoms with van der Waals surface area (Å²) < 4.78 is 0. The number of rotatable bonds is 10. The predicted molar refractivity (Wildman–Crippen MR) is 93.2 cm³/mol. The molecule has 0 fully saturated rings. The van der Waals surface area contributed by atoms with Crippen molar-refractivity contribution in [2.75, 3.05) is 24.6 Å². The van der Waals surface area contributed by atoms with Gasteiger partial charge in [-0.15, -0.1) is 0 Å². The normalized spacial score (nSPS) is 10.6. The van der Waals surface area contributed by atoms with Crippen molar-refractivity contribution < 1.29 is 9.59 Å². The molecule has 0 aliphatic carbocycles. The Balaban J connectivity index is 1.99. The molecule has 120 valence electrons. The van der Waals surface area contributed by atoms with E-state index in [9.17, 15) is 9.59 Å². The molecule has 1 aromatic carbocycles. The number of hydrogen-bond acceptors (Lipinski definition) is 3.